The van der Waals surface area contributed by atoms with E-state index in [1.165, 1.54) is 30.2 Å². The Morgan fingerprint density at radius 3 is 2.44 bits per heavy atom. The predicted molar refractivity (Wildman–Crippen MR) is 119 cm³/mol. The monoisotopic (exact) mass is 443 g/mol. The summed E-state index contributed by atoms with van der Waals surface area (Å²) >= 11 is 0. The van der Waals surface area contributed by atoms with Crippen LogP contribution in [-0.4, -0.2) is 47.4 Å². The molecule has 0 aliphatic heterocycles. The van der Waals surface area contributed by atoms with Crippen LogP contribution in [0.2, 0.25) is 0 Å². The number of carbonyl (C=O) groups excluding carboxylic acids is 2. The molecule has 0 fully saturated rings. The van der Waals surface area contributed by atoms with Crippen LogP contribution in [0.3, 0.4) is 0 Å². The van der Waals surface area contributed by atoms with Crippen LogP contribution in [0.4, 0.5) is 5.69 Å². The second-order valence-corrected chi connectivity index (χ2v) is 7.38. The lowest BCUT2D eigenvalue weighted by Crippen LogP contribution is -2.50. The van der Waals surface area contributed by atoms with Crippen molar-refractivity contribution in [1.29, 1.82) is 0 Å². The minimum absolute atomic E-state index is 0.0116. The van der Waals surface area contributed by atoms with Crippen LogP contribution in [0.1, 0.15) is 32.8 Å². The molecule has 0 radical (unpaired) electrons. The maximum Gasteiger partial charge on any atom is 0.311 e. The van der Waals surface area contributed by atoms with Crippen molar-refractivity contribution in [3.8, 4) is 11.5 Å². The van der Waals surface area contributed by atoms with E-state index in [4.69, 9.17) is 9.47 Å². The second kappa shape index (κ2) is 11.7. The van der Waals surface area contributed by atoms with Crippen molar-refractivity contribution in [3.63, 3.8) is 0 Å². The average molecular weight is 444 g/mol. The number of nitro groups is 1. The second-order valence-electron chi connectivity index (χ2n) is 7.38. The van der Waals surface area contributed by atoms with Crippen molar-refractivity contribution in [2.24, 2.45) is 0 Å². The first-order valence-electron chi connectivity index (χ1n) is 10.4. The van der Waals surface area contributed by atoms with E-state index in [1.54, 1.807) is 6.92 Å². The number of methoxy groups -OCH3 is 1. The number of carbonyl (C=O) groups is 2. The minimum Gasteiger partial charge on any atom is -0.490 e. The summed E-state index contributed by atoms with van der Waals surface area (Å²) in [4.78, 5) is 37.6. The fourth-order valence-electron chi connectivity index (χ4n) is 2.95. The van der Waals surface area contributed by atoms with Gasteiger partial charge in [0.15, 0.2) is 6.61 Å². The summed E-state index contributed by atoms with van der Waals surface area (Å²) in [6.07, 6.45) is 0.774. The molecule has 32 heavy (non-hydrogen) atoms. The highest BCUT2D eigenvalue weighted by Gasteiger charge is 2.27. The van der Waals surface area contributed by atoms with E-state index in [-0.39, 0.29) is 42.3 Å². The highest BCUT2D eigenvalue weighted by Crippen LogP contribution is 2.30. The van der Waals surface area contributed by atoms with Crippen LogP contribution < -0.4 is 14.8 Å². The van der Waals surface area contributed by atoms with Gasteiger partial charge in [0, 0.05) is 24.7 Å². The zero-order valence-corrected chi connectivity index (χ0v) is 18.7. The molecule has 0 aromatic heterocycles. The summed E-state index contributed by atoms with van der Waals surface area (Å²) in [5.41, 5.74) is 0.674. The van der Waals surface area contributed by atoms with Gasteiger partial charge in [0.2, 0.25) is 11.7 Å². The average Bonchev–Trinajstić information content (AvgIpc) is 2.80. The first-order valence-corrected chi connectivity index (χ1v) is 10.4. The molecule has 2 aromatic carbocycles. The van der Waals surface area contributed by atoms with Gasteiger partial charge in [-0.1, -0.05) is 37.3 Å². The molecule has 2 aromatic rings. The first-order chi connectivity index (χ1) is 15.3. The molecule has 0 unspecified atom stereocenters. The number of nitro benzene ring substituents is 1. The number of ether oxygens (including phenoxy) is 2. The highest BCUT2D eigenvalue weighted by atomic mass is 16.6. The Morgan fingerprint density at radius 2 is 1.84 bits per heavy atom. The molecular formula is C23H29N3O6. The number of benzene rings is 2. The Hall–Kier alpha value is -3.62. The number of rotatable bonds is 11. The van der Waals surface area contributed by atoms with E-state index in [1.807, 2.05) is 44.2 Å². The number of amides is 2. The van der Waals surface area contributed by atoms with Crippen molar-refractivity contribution in [1.82, 2.24) is 10.2 Å². The molecule has 172 valence electrons. The van der Waals surface area contributed by atoms with E-state index < -0.39 is 16.9 Å². The van der Waals surface area contributed by atoms with Gasteiger partial charge in [-0.2, -0.15) is 0 Å². The van der Waals surface area contributed by atoms with Crippen LogP contribution in [0, 0.1) is 10.1 Å². The molecule has 0 bridgehead atoms. The maximum absolute atomic E-state index is 13.0. The molecule has 0 heterocycles. The Bertz CT molecular complexity index is 935. The summed E-state index contributed by atoms with van der Waals surface area (Å²) in [6.45, 7) is 5.44. The molecule has 0 saturated heterocycles. The lowest BCUT2D eigenvalue weighted by molar-refractivity contribution is -0.385. The van der Waals surface area contributed by atoms with E-state index in [0.29, 0.717) is 0 Å². The van der Waals surface area contributed by atoms with Gasteiger partial charge in [0.1, 0.15) is 11.8 Å². The molecule has 1 N–H and O–H groups in total. The summed E-state index contributed by atoms with van der Waals surface area (Å²) in [5, 5.41) is 13.9. The minimum atomic E-state index is -0.716. The topological polar surface area (TPSA) is 111 Å². The number of nitrogens with one attached hydrogen (secondary N) is 1. The largest absolute Gasteiger partial charge is 0.490 e. The number of hydrogen-bond donors (Lipinski definition) is 1. The van der Waals surface area contributed by atoms with Crippen LogP contribution in [-0.2, 0) is 16.1 Å². The smallest absolute Gasteiger partial charge is 0.311 e. The summed E-state index contributed by atoms with van der Waals surface area (Å²) in [5.74, 6) is -0.363. The highest BCUT2D eigenvalue weighted by molar-refractivity contribution is 5.88. The lowest BCUT2D eigenvalue weighted by atomic mass is 10.1. The van der Waals surface area contributed by atoms with Gasteiger partial charge in [0.25, 0.3) is 5.91 Å². The standard InChI is InChI=1S/C23H29N3O6/c1-5-16(2)24-23(28)17(3)25(14-18-9-7-6-8-10-18)22(27)15-32-19-11-12-20(26(29)30)21(13-19)31-4/h6-13,16-17H,5,14-15H2,1-4H3,(H,24,28)/t16-,17+/m0/s1. The third-order valence-electron chi connectivity index (χ3n) is 5.07. The van der Waals surface area contributed by atoms with Crippen molar-refractivity contribution < 1.29 is 24.0 Å². The summed E-state index contributed by atoms with van der Waals surface area (Å²) in [6, 6.07) is 12.6. The Kier molecular flexibility index (Phi) is 9.00. The molecular weight excluding hydrogens is 414 g/mol. The van der Waals surface area contributed by atoms with Crippen LogP contribution in [0.15, 0.2) is 48.5 Å². The summed E-state index contributed by atoms with van der Waals surface area (Å²) in [7, 11) is 1.32. The van der Waals surface area contributed by atoms with Gasteiger partial charge in [0.05, 0.1) is 12.0 Å². The van der Waals surface area contributed by atoms with Crippen molar-refractivity contribution in [3.05, 3.63) is 64.2 Å². The molecule has 9 heteroatoms. The zero-order valence-electron chi connectivity index (χ0n) is 18.7. The molecule has 0 saturated carbocycles. The van der Waals surface area contributed by atoms with Crippen molar-refractivity contribution >= 4 is 17.5 Å². The van der Waals surface area contributed by atoms with Crippen LogP contribution in [0.25, 0.3) is 0 Å². The Balaban J connectivity index is 2.16. The van der Waals surface area contributed by atoms with E-state index in [0.717, 1.165) is 12.0 Å². The van der Waals surface area contributed by atoms with Gasteiger partial charge in [-0.05, 0) is 31.9 Å². The van der Waals surface area contributed by atoms with Crippen LogP contribution in [0.5, 0.6) is 11.5 Å². The maximum atomic E-state index is 13.0. The third-order valence-corrected chi connectivity index (χ3v) is 5.07. The van der Waals surface area contributed by atoms with Gasteiger partial charge >= 0.3 is 5.69 Å². The van der Waals surface area contributed by atoms with Gasteiger partial charge in [-0.15, -0.1) is 0 Å². The normalized spacial score (nSPS) is 12.4. The molecule has 2 atom stereocenters. The molecule has 9 nitrogen and oxygen atoms in total. The lowest BCUT2D eigenvalue weighted by Gasteiger charge is -2.29. The molecule has 0 aliphatic carbocycles. The van der Waals surface area contributed by atoms with Crippen LogP contribution >= 0.6 is 0 Å². The van der Waals surface area contributed by atoms with Crippen molar-refractivity contribution in [2.75, 3.05) is 13.7 Å². The third kappa shape index (κ3) is 6.69. The molecule has 2 rings (SSSR count). The van der Waals surface area contributed by atoms with E-state index in [9.17, 15) is 19.7 Å². The zero-order chi connectivity index (χ0) is 23.7. The van der Waals surface area contributed by atoms with Crippen molar-refractivity contribution in [2.45, 2.75) is 45.8 Å². The number of hydrogen-bond acceptors (Lipinski definition) is 6. The fourth-order valence-corrected chi connectivity index (χ4v) is 2.95. The van der Waals surface area contributed by atoms with Gasteiger partial charge < -0.3 is 19.7 Å². The Labute approximate surface area is 187 Å². The molecule has 0 aliphatic rings. The van der Waals surface area contributed by atoms with Gasteiger partial charge in [-0.3, -0.25) is 19.7 Å². The molecule has 0 spiro atoms. The predicted octanol–water partition coefficient (Wildman–Crippen LogP) is 3.31. The Morgan fingerprint density at radius 1 is 1.16 bits per heavy atom. The summed E-state index contributed by atoms with van der Waals surface area (Å²) < 4.78 is 10.6. The SMILES string of the molecule is CC[C@H](C)NC(=O)[C@@H](C)N(Cc1ccccc1)C(=O)COc1ccc([N+](=O)[O-])c(OC)c1. The molecule has 2 amide bonds. The van der Waals surface area contributed by atoms with E-state index >= 15 is 0 Å². The fraction of sp³-hybridized carbons (Fsp3) is 0.391. The quantitative estimate of drug-likeness (QED) is 0.421. The number of nitrogens with zero attached hydrogens (tertiary/aromatic N) is 2. The van der Waals surface area contributed by atoms with Gasteiger partial charge in [-0.25, -0.2) is 0 Å². The van der Waals surface area contributed by atoms with E-state index in [2.05, 4.69) is 5.32 Å². The first kappa shape index (κ1) is 24.6.